The Hall–Kier alpha value is -3.26. The third-order valence-corrected chi connectivity index (χ3v) is 4.63. The van der Waals surface area contributed by atoms with E-state index in [1.165, 1.54) is 6.33 Å². The zero-order valence-corrected chi connectivity index (χ0v) is 15.4. The third-order valence-electron chi connectivity index (χ3n) is 4.63. The van der Waals surface area contributed by atoms with Gasteiger partial charge in [-0.05, 0) is 48.7 Å². The van der Waals surface area contributed by atoms with Gasteiger partial charge in [-0.3, -0.25) is 4.98 Å². The SMILES string of the molecule is O=C(Nc1ccc(-n2cncn2)cc1)N(Cc1cccnc1)CC1CCCO1. The van der Waals surface area contributed by atoms with Crippen LogP contribution in [0.1, 0.15) is 18.4 Å². The Morgan fingerprint density at radius 3 is 2.82 bits per heavy atom. The minimum Gasteiger partial charge on any atom is -0.376 e. The average molecular weight is 378 g/mol. The largest absolute Gasteiger partial charge is 0.376 e. The summed E-state index contributed by atoms with van der Waals surface area (Å²) >= 11 is 0. The van der Waals surface area contributed by atoms with E-state index in [-0.39, 0.29) is 12.1 Å². The second-order valence-electron chi connectivity index (χ2n) is 6.69. The highest BCUT2D eigenvalue weighted by molar-refractivity contribution is 5.89. The van der Waals surface area contributed by atoms with Gasteiger partial charge in [0.15, 0.2) is 0 Å². The van der Waals surface area contributed by atoms with Crippen LogP contribution in [0.2, 0.25) is 0 Å². The maximum atomic E-state index is 12.9. The molecule has 0 saturated carbocycles. The summed E-state index contributed by atoms with van der Waals surface area (Å²) < 4.78 is 7.39. The molecule has 3 aromatic rings. The fraction of sp³-hybridized carbons (Fsp3) is 0.300. The average Bonchev–Trinajstić information content (AvgIpc) is 3.43. The van der Waals surface area contributed by atoms with Crippen molar-refractivity contribution in [1.29, 1.82) is 0 Å². The molecule has 0 radical (unpaired) electrons. The highest BCUT2D eigenvalue weighted by atomic mass is 16.5. The van der Waals surface area contributed by atoms with Gasteiger partial charge in [0.25, 0.3) is 0 Å². The second kappa shape index (κ2) is 8.62. The van der Waals surface area contributed by atoms with Crippen molar-refractivity contribution in [2.75, 3.05) is 18.5 Å². The lowest BCUT2D eigenvalue weighted by Crippen LogP contribution is -2.39. The number of aromatic nitrogens is 4. The molecule has 1 saturated heterocycles. The Morgan fingerprint density at radius 1 is 1.25 bits per heavy atom. The lowest BCUT2D eigenvalue weighted by atomic mass is 10.2. The first kappa shape index (κ1) is 18.1. The van der Waals surface area contributed by atoms with Crippen molar-refractivity contribution >= 4 is 11.7 Å². The molecule has 1 aliphatic rings. The number of nitrogens with zero attached hydrogens (tertiary/aromatic N) is 5. The molecule has 144 valence electrons. The van der Waals surface area contributed by atoms with Gasteiger partial charge < -0.3 is 15.0 Å². The van der Waals surface area contributed by atoms with E-state index in [1.54, 1.807) is 28.3 Å². The molecule has 2 aromatic heterocycles. The Morgan fingerprint density at radius 2 is 2.14 bits per heavy atom. The highest BCUT2D eigenvalue weighted by Gasteiger charge is 2.23. The monoisotopic (exact) mass is 378 g/mol. The predicted molar refractivity (Wildman–Crippen MR) is 104 cm³/mol. The Labute approximate surface area is 163 Å². The maximum Gasteiger partial charge on any atom is 0.322 e. The number of carbonyl (C=O) groups excluding carboxylic acids is 1. The molecule has 8 heteroatoms. The standard InChI is InChI=1S/C20H22N6O2/c27-20(24-17-5-7-18(8-6-17)26-15-22-14-23-26)25(13-19-4-2-10-28-19)12-16-3-1-9-21-11-16/h1,3,5-9,11,14-15,19H,2,4,10,12-13H2,(H,24,27). The van der Waals surface area contributed by atoms with Gasteiger partial charge in [0.05, 0.1) is 11.8 Å². The summed E-state index contributed by atoms with van der Waals surface area (Å²) in [5, 5.41) is 7.07. The normalized spacial score (nSPS) is 16.1. The number of nitrogens with one attached hydrogen (secondary N) is 1. The minimum atomic E-state index is -0.159. The first-order chi connectivity index (χ1) is 13.8. The quantitative estimate of drug-likeness (QED) is 0.713. The van der Waals surface area contributed by atoms with Crippen LogP contribution in [-0.4, -0.2) is 49.9 Å². The number of ether oxygens (including phenoxy) is 1. The smallest absolute Gasteiger partial charge is 0.322 e. The van der Waals surface area contributed by atoms with Crippen LogP contribution in [0.4, 0.5) is 10.5 Å². The minimum absolute atomic E-state index is 0.0807. The first-order valence-corrected chi connectivity index (χ1v) is 9.29. The van der Waals surface area contributed by atoms with Gasteiger partial charge >= 0.3 is 6.03 Å². The van der Waals surface area contributed by atoms with Gasteiger partial charge in [-0.2, -0.15) is 5.10 Å². The summed E-state index contributed by atoms with van der Waals surface area (Å²) in [6, 6.07) is 11.2. The molecule has 0 bridgehead atoms. The molecule has 1 atom stereocenters. The van der Waals surface area contributed by atoms with Gasteiger partial charge in [0.1, 0.15) is 12.7 Å². The molecule has 1 aromatic carbocycles. The summed E-state index contributed by atoms with van der Waals surface area (Å²) in [4.78, 5) is 22.8. The number of rotatable bonds is 6. The van der Waals surface area contributed by atoms with Gasteiger partial charge in [-0.1, -0.05) is 6.07 Å². The van der Waals surface area contributed by atoms with Gasteiger partial charge in [-0.25, -0.2) is 14.5 Å². The molecule has 2 amide bonds. The Bertz CT molecular complexity index is 877. The molecule has 1 aliphatic heterocycles. The van der Waals surface area contributed by atoms with Crippen LogP contribution < -0.4 is 5.32 Å². The summed E-state index contributed by atoms with van der Waals surface area (Å²) in [5.74, 6) is 0. The Balaban J connectivity index is 1.44. The molecule has 1 fully saturated rings. The summed E-state index contributed by atoms with van der Waals surface area (Å²) in [6.45, 7) is 1.80. The maximum absolute atomic E-state index is 12.9. The van der Waals surface area contributed by atoms with E-state index in [0.717, 1.165) is 36.4 Å². The molecule has 1 unspecified atom stereocenters. The van der Waals surface area contributed by atoms with Crippen molar-refractivity contribution < 1.29 is 9.53 Å². The van der Waals surface area contributed by atoms with E-state index < -0.39 is 0 Å². The molecular weight excluding hydrogens is 356 g/mol. The number of pyridine rings is 1. The van der Waals surface area contributed by atoms with Gasteiger partial charge in [-0.15, -0.1) is 0 Å². The van der Waals surface area contributed by atoms with Crippen LogP contribution in [0.3, 0.4) is 0 Å². The van der Waals surface area contributed by atoms with Crippen molar-refractivity contribution in [3.05, 3.63) is 67.0 Å². The first-order valence-electron chi connectivity index (χ1n) is 9.29. The molecule has 4 rings (SSSR count). The number of anilines is 1. The van der Waals surface area contributed by atoms with E-state index in [9.17, 15) is 4.79 Å². The van der Waals surface area contributed by atoms with Crippen LogP contribution in [0.15, 0.2) is 61.4 Å². The van der Waals surface area contributed by atoms with Crippen LogP contribution in [0.5, 0.6) is 0 Å². The van der Waals surface area contributed by atoms with Crippen LogP contribution in [0, 0.1) is 0 Å². The topological polar surface area (TPSA) is 85.2 Å². The molecular formula is C20H22N6O2. The number of carbonyl (C=O) groups is 1. The zero-order chi connectivity index (χ0) is 19.2. The molecule has 0 aliphatic carbocycles. The third kappa shape index (κ3) is 4.52. The van der Waals surface area contributed by atoms with Crippen LogP contribution in [-0.2, 0) is 11.3 Å². The van der Waals surface area contributed by atoms with E-state index in [1.807, 2.05) is 36.4 Å². The fourth-order valence-corrected chi connectivity index (χ4v) is 3.21. The number of amides is 2. The molecule has 0 spiro atoms. The lowest BCUT2D eigenvalue weighted by molar-refractivity contribution is 0.0819. The zero-order valence-electron chi connectivity index (χ0n) is 15.4. The summed E-state index contributed by atoms with van der Waals surface area (Å²) in [5.41, 5.74) is 2.58. The Kier molecular flexibility index (Phi) is 5.58. The molecule has 1 N–H and O–H groups in total. The summed E-state index contributed by atoms with van der Waals surface area (Å²) in [7, 11) is 0. The molecule has 28 heavy (non-hydrogen) atoms. The van der Waals surface area contributed by atoms with Gasteiger partial charge in [0.2, 0.25) is 0 Å². The number of hydrogen-bond donors (Lipinski definition) is 1. The van der Waals surface area contributed by atoms with Gasteiger partial charge in [0, 0.05) is 37.8 Å². The predicted octanol–water partition coefficient (Wildman–Crippen LogP) is 2.88. The van der Waals surface area contributed by atoms with Crippen LogP contribution in [0.25, 0.3) is 5.69 Å². The van der Waals surface area contributed by atoms with Crippen LogP contribution >= 0.6 is 0 Å². The van der Waals surface area contributed by atoms with Crippen molar-refractivity contribution in [3.8, 4) is 5.69 Å². The van der Waals surface area contributed by atoms with E-state index in [4.69, 9.17) is 4.74 Å². The number of hydrogen-bond acceptors (Lipinski definition) is 5. The lowest BCUT2D eigenvalue weighted by Gasteiger charge is -2.26. The van der Waals surface area contributed by atoms with Crippen molar-refractivity contribution in [3.63, 3.8) is 0 Å². The summed E-state index contributed by atoms with van der Waals surface area (Å²) in [6.07, 6.45) is 8.72. The number of benzene rings is 1. The van der Waals surface area contributed by atoms with Crippen molar-refractivity contribution in [2.45, 2.75) is 25.5 Å². The molecule has 3 heterocycles. The van der Waals surface area contributed by atoms with Crippen molar-refractivity contribution in [2.24, 2.45) is 0 Å². The highest BCUT2D eigenvalue weighted by Crippen LogP contribution is 2.17. The molecule has 8 nitrogen and oxygen atoms in total. The van der Waals surface area contributed by atoms with Crippen molar-refractivity contribution in [1.82, 2.24) is 24.6 Å². The fourth-order valence-electron chi connectivity index (χ4n) is 3.21. The van der Waals surface area contributed by atoms with E-state index >= 15 is 0 Å². The van der Waals surface area contributed by atoms with E-state index in [0.29, 0.717) is 13.1 Å². The number of urea groups is 1. The van der Waals surface area contributed by atoms with E-state index in [2.05, 4.69) is 20.4 Å². The second-order valence-corrected chi connectivity index (χ2v) is 6.69.